The van der Waals surface area contributed by atoms with Gasteiger partial charge in [0.15, 0.2) is 0 Å². The Morgan fingerprint density at radius 2 is 1.71 bits per heavy atom. The highest BCUT2D eigenvalue weighted by atomic mass is 35.5. The molecule has 28 heavy (non-hydrogen) atoms. The maximum absolute atomic E-state index is 12.9. The van der Waals surface area contributed by atoms with E-state index in [1.807, 2.05) is 44.2 Å². The summed E-state index contributed by atoms with van der Waals surface area (Å²) in [7, 11) is -3.74. The van der Waals surface area contributed by atoms with Crippen molar-refractivity contribution in [2.45, 2.75) is 38.8 Å². The van der Waals surface area contributed by atoms with E-state index in [1.54, 1.807) is 0 Å². The molecule has 2 aromatic rings. The van der Waals surface area contributed by atoms with Crippen LogP contribution in [0.25, 0.3) is 0 Å². The Hall–Kier alpha value is -1.76. The SMILES string of the molecule is C[C@H](C(=O)NC(C)(C)Cc1ccccc1)N(c1ccc(Cl)c(Cl)c1)S(C)(=O)=O. The van der Waals surface area contributed by atoms with Crippen molar-refractivity contribution >= 4 is 44.8 Å². The quantitative estimate of drug-likeness (QED) is 0.695. The number of nitrogens with one attached hydrogen (secondary N) is 1. The number of anilines is 1. The first-order valence-corrected chi connectivity index (χ1v) is 11.3. The molecule has 0 fully saturated rings. The van der Waals surface area contributed by atoms with Crippen LogP contribution in [0.4, 0.5) is 5.69 Å². The Bertz CT molecular complexity index is 947. The normalized spacial score (nSPS) is 13.1. The monoisotopic (exact) mass is 442 g/mol. The Morgan fingerprint density at radius 3 is 2.25 bits per heavy atom. The number of nitrogens with zero attached hydrogens (tertiary/aromatic N) is 1. The van der Waals surface area contributed by atoms with Crippen LogP contribution in [0.5, 0.6) is 0 Å². The minimum Gasteiger partial charge on any atom is -0.349 e. The van der Waals surface area contributed by atoms with Gasteiger partial charge in [0, 0.05) is 5.54 Å². The van der Waals surface area contributed by atoms with Crippen molar-refractivity contribution in [1.82, 2.24) is 5.32 Å². The largest absolute Gasteiger partial charge is 0.349 e. The maximum Gasteiger partial charge on any atom is 0.244 e. The fourth-order valence-electron chi connectivity index (χ4n) is 3.02. The van der Waals surface area contributed by atoms with E-state index in [1.165, 1.54) is 25.1 Å². The molecule has 0 aliphatic rings. The van der Waals surface area contributed by atoms with E-state index in [0.717, 1.165) is 16.1 Å². The first-order valence-electron chi connectivity index (χ1n) is 8.71. The van der Waals surface area contributed by atoms with Crippen LogP contribution in [0, 0.1) is 0 Å². The van der Waals surface area contributed by atoms with Crippen LogP contribution >= 0.6 is 23.2 Å². The van der Waals surface area contributed by atoms with Gasteiger partial charge in [0.25, 0.3) is 0 Å². The summed E-state index contributed by atoms with van der Waals surface area (Å²) in [5.74, 6) is -0.405. The third-order valence-corrected chi connectivity index (χ3v) is 6.18. The van der Waals surface area contributed by atoms with Crippen LogP contribution in [-0.2, 0) is 21.2 Å². The third-order valence-electron chi connectivity index (χ3n) is 4.20. The molecule has 5 nitrogen and oxygen atoms in total. The molecule has 1 amide bonds. The fourth-order valence-corrected chi connectivity index (χ4v) is 4.48. The number of carbonyl (C=O) groups is 1. The third kappa shape index (κ3) is 5.87. The number of halogens is 2. The van der Waals surface area contributed by atoms with Gasteiger partial charge >= 0.3 is 0 Å². The van der Waals surface area contributed by atoms with Gasteiger partial charge in [-0.25, -0.2) is 8.42 Å². The number of sulfonamides is 1. The highest BCUT2D eigenvalue weighted by Gasteiger charge is 2.32. The van der Waals surface area contributed by atoms with Gasteiger partial charge in [-0.05, 0) is 51.0 Å². The van der Waals surface area contributed by atoms with E-state index in [2.05, 4.69) is 5.32 Å². The molecule has 2 rings (SSSR count). The minimum atomic E-state index is -3.74. The minimum absolute atomic E-state index is 0.213. The fraction of sp³-hybridized carbons (Fsp3) is 0.350. The molecule has 0 radical (unpaired) electrons. The molecule has 0 saturated carbocycles. The molecule has 8 heteroatoms. The Balaban J connectivity index is 2.25. The van der Waals surface area contributed by atoms with Crippen LogP contribution in [0.3, 0.4) is 0 Å². The average Bonchev–Trinajstić information content (AvgIpc) is 2.57. The Labute approximate surface area is 176 Å². The van der Waals surface area contributed by atoms with E-state index in [9.17, 15) is 13.2 Å². The lowest BCUT2D eigenvalue weighted by atomic mass is 9.94. The zero-order valence-electron chi connectivity index (χ0n) is 16.2. The second-order valence-electron chi connectivity index (χ2n) is 7.37. The number of hydrogen-bond acceptors (Lipinski definition) is 3. The van der Waals surface area contributed by atoms with Crippen molar-refractivity contribution in [2.24, 2.45) is 0 Å². The zero-order chi connectivity index (χ0) is 21.1. The standard InChI is InChI=1S/C20H24Cl2N2O3S/c1-14(19(25)23-20(2,3)13-15-8-6-5-7-9-15)24(28(4,26)27)16-10-11-17(21)18(22)12-16/h5-12,14H,13H2,1-4H3,(H,23,25)/t14-/m1/s1. The highest BCUT2D eigenvalue weighted by molar-refractivity contribution is 7.92. The van der Waals surface area contributed by atoms with Crippen LogP contribution in [-0.4, -0.2) is 32.2 Å². The molecular weight excluding hydrogens is 419 g/mol. The van der Waals surface area contributed by atoms with E-state index in [4.69, 9.17) is 23.2 Å². The number of rotatable bonds is 7. The summed E-state index contributed by atoms with van der Waals surface area (Å²) in [5.41, 5.74) is 0.790. The van der Waals surface area contributed by atoms with Crippen molar-refractivity contribution in [3.8, 4) is 0 Å². The van der Waals surface area contributed by atoms with Gasteiger partial charge < -0.3 is 5.32 Å². The second-order valence-corrected chi connectivity index (χ2v) is 10.0. The molecule has 0 aliphatic heterocycles. The van der Waals surface area contributed by atoms with Crippen LogP contribution < -0.4 is 9.62 Å². The van der Waals surface area contributed by atoms with Gasteiger partial charge in [0.1, 0.15) is 6.04 Å². The van der Waals surface area contributed by atoms with Gasteiger partial charge in [-0.15, -0.1) is 0 Å². The second kappa shape index (κ2) is 8.72. The number of carbonyl (C=O) groups excluding carboxylic acids is 1. The topological polar surface area (TPSA) is 66.5 Å². The van der Waals surface area contributed by atoms with Crippen LogP contribution in [0.2, 0.25) is 10.0 Å². The van der Waals surface area contributed by atoms with Gasteiger partial charge in [0.05, 0.1) is 22.0 Å². The van der Waals surface area contributed by atoms with Gasteiger partial charge in [-0.3, -0.25) is 9.10 Å². The van der Waals surface area contributed by atoms with E-state index < -0.39 is 27.5 Å². The summed E-state index contributed by atoms with van der Waals surface area (Å²) >= 11 is 12.0. The smallest absolute Gasteiger partial charge is 0.244 e. The lowest BCUT2D eigenvalue weighted by Gasteiger charge is -2.33. The maximum atomic E-state index is 12.9. The van der Waals surface area contributed by atoms with Crippen molar-refractivity contribution in [2.75, 3.05) is 10.6 Å². The van der Waals surface area contributed by atoms with Crippen molar-refractivity contribution in [3.63, 3.8) is 0 Å². The van der Waals surface area contributed by atoms with E-state index >= 15 is 0 Å². The first-order chi connectivity index (χ1) is 12.9. The first kappa shape index (κ1) is 22.5. The zero-order valence-corrected chi connectivity index (χ0v) is 18.6. The molecular formula is C20H24Cl2N2O3S. The highest BCUT2D eigenvalue weighted by Crippen LogP contribution is 2.29. The van der Waals surface area contributed by atoms with Crippen LogP contribution in [0.15, 0.2) is 48.5 Å². The molecule has 2 aromatic carbocycles. The molecule has 0 unspecified atom stereocenters. The van der Waals surface area contributed by atoms with Crippen LogP contribution in [0.1, 0.15) is 26.3 Å². The summed E-state index contributed by atoms with van der Waals surface area (Å²) < 4.78 is 25.8. The number of benzene rings is 2. The number of hydrogen-bond donors (Lipinski definition) is 1. The molecule has 0 bridgehead atoms. The molecule has 0 spiro atoms. The van der Waals surface area contributed by atoms with Crippen molar-refractivity contribution < 1.29 is 13.2 Å². The summed E-state index contributed by atoms with van der Waals surface area (Å²) in [6.45, 7) is 5.33. The molecule has 0 heterocycles. The van der Waals surface area contributed by atoms with Crippen molar-refractivity contribution in [1.29, 1.82) is 0 Å². The molecule has 0 aliphatic carbocycles. The Morgan fingerprint density at radius 1 is 1.11 bits per heavy atom. The molecule has 0 saturated heterocycles. The molecule has 1 atom stereocenters. The molecule has 1 N–H and O–H groups in total. The number of amides is 1. The Kier molecular flexibility index (Phi) is 7.02. The van der Waals surface area contributed by atoms with Gasteiger partial charge in [0.2, 0.25) is 15.9 Å². The molecule has 152 valence electrons. The summed E-state index contributed by atoms with van der Waals surface area (Å²) in [4.78, 5) is 12.9. The molecule has 0 aromatic heterocycles. The predicted octanol–water partition coefficient (Wildman–Crippen LogP) is 4.29. The van der Waals surface area contributed by atoms with E-state index in [-0.39, 0.29) is 10.7 Å². The summed E-state index contributed by atoms with van der Waals surface area (Å²) in [5, 5.41) is 3.47. The lowest BCUT2D eigenvalue weighted by molar-refractivity contribution is -0.123. The van der Waals surface area contributed by atoms with Crippen molar-refractivity contribution in [3.05, 3.63) is 64.1 Å². The van der Waals surface area contributed by atoms with E-state index in [0.29, 0.717) is 11.4 Å². The predicted molar refractivity (Wildman–Crippen MR) is 116 cm³/mol. The average molecular weight is 443 g/mol. The van der Waals surface area contributed by atoms with Gasteiger partial charge in [-0.2, -0.15) is 0 Å². The summed E-state index contributed by atoms with van der Waals surface area (Å²) in [6.07, 6.45) is 1.66. The van der Waals surface area contributed by atoms with Gasteiger partial charge in [-0.1, -0.05) is 53.5 Å². The lowest BCUT2D eigenvalue weighted by Crippen LogP contribution is -2.54. The summed E-state index contributed by atoms with van der Waals surface area (Å²) in [6, 6.07) is 13.3.